The minimum Gasteiger partial charge on any atom is -0.310 e. The summed E-state index contributed by atoms with van der Waals surface area (Å²) in [7, 11) is 0. The largest absolute Gasteiger partial charge is 0.310 e. The molecule has 292 valence electrons. The van der Waals surface area contributed by atoms with Gasteiger partial charge in [0.25, 0.3) is 0 Å². The normalized spacial score (nSPS) is 13.1. The van der Waals surface area contributed by atoms with Crippen molar-refractivity contribution in [2.24, 2.45) is 0 Å². The monoisotopic (exact) mass is 809 g/mol. The third kappa shape index (κ3) is 5.14. The van der Waals surface area contributed by atoms with E-state index in [1.807, 2.05) is 0 Å². The van der Waals surface area contributed by atoms with Crippen molar-refractivity contribution in [3.05, 3.63) is 211 Å². The molecule has 0 fully saturated rings. The minimum atomic E-state index is -0.152. The minimum absolute atomic E-state index is 0.152. The number of hydrogen-bond donors (Lipinski definition) is 0. The van der Waals surface area contributed by atoms with E-state index in [2.05, 4.69) is 223 Å². The van der Waals surface area contributed by atoms with E-state index in [0.29, 0.717) is 0 Å². The molecular weight excluding hydrogens is 771 g/mol. The zero-order valence-electron chi connectivity index (χ0n) is 34.3. The Bertz CT molecular complexity index is 3650. The molecular formula is C58H39N3S. The van der Waals surface area contributed by atoms with Gasteiger partial charge in [-0.15, -0.1) is 11.3 Å². The lowest BCUT2D eigenvalue weighted by atomic mass is 9.82. The first-order valence-corrected chi connectivity index (χ1v) is 22.2. The van der Waals surface area contributed by atoms with Crippen LogP contribution < -0.4 is 4.90 Å². The molecule has 13 rings (SSSR count). The van der Waals surface area contributed by atoms with Crippen LogP contribution in [0, 0.1) is 0 Å². The second-order valence-electron chi connectivity index (χ2n) is 17.2. The van der Waals surface area contributed by atoms with Crippen LogP contribution in [0.15, 0.2) is 200 Å². The topological polar surface area (TPSA) is 20.5 Å². The van der Waals surface area contributed by atoms with E-state index in [-0.39, 0.29) is 5.41 Å². The number of fused-ring (bicyclic) bond motifs is 11. The van der Waals surface area contributed by atoms with E-state index < -0.39 is 0 Å². The highest BCUT2D eigenvalue weighted by atomic mass is 32.1. The van der Waals surface area contributed by atoms with E-state index >= 15 is 0 Å². The van der Waals surface area contributed by atoms with Crippen LogP contribution in [0.5, 0.6) is 0 Å². The summed E-state index contributed by atoms with van der Waals surface area (Å²) in [6, 6.07) is 73.5. The van der Waals surface area contributed by atoms with Crippen molar-refractivity contribution in [3.8, 4) is 44.0 Å². The van der Waals surface area contributed by atoms with Gasteiger partial charge in [-0.05, 0) is 105 Å². The third-order valence-corrected chi connectivity index (χ3v) is 14.4. The van der Waals surface area contributed by atoms with Gasteiger partial charge in [0.1, 0.15) is 5.01 Å². The first kappa shape index (κ1) is 35.2. The molecule has 3 aromatic heterocycles. The lowest BCUT2D eigenvalue weighted by Gasteiger charge is -2.29. The molecule has 9 aromatic carbocycles. The molecule has 0 bridgehead atoms. The Morgan fingerprint density at radius 3 is 1.79 bits per heavy atom. The molecule has 4 heteroatoms. The van der Waals surface area contributed by atoms with E-state index in [4.69, 9.17) is 4.98 Å². The smallest absolute Gasteiger partial charge is 0.124 e. The number of benzene rings is 9. The molecule has 0 amide bonds. The summed E-state index contributed by atoms with van der Waals surface area (Å²) in [6.45, 7) is 4.74. The fourth-order valence-corrected chi connectivity index (χ4v) is 11.5. The number of anilines is 3. The Kier molecular flexibility index (Phi) is 7.52. The molecule has 0 N–H and O–H groups in total. The first-order valence-electron chi connectivity index (χ1n) is 21.4. The van der Waals surface area contributed by atoms with Gasteiger partial charge in [-0.3, -0.25) is 0 Å². The molecule has 0 unspecified atom stereocenters. The molecule has 0 aliphatic heterocycles. The van der Waals surface area contributed by atoms with Crippen LogP contribution >= 0.6 is 11.3 Å². The van der Waals surface area contributed by atoms with Gasteiger partial charge >= 0.3 is 0 Å². The predicted octanol–water partition coefficient (Wildman–Crippen LogP) is 16.2. The molecule has 0 saturated carbocycles. The van der Waals surface area contributed by atoms with Gasteiger partial charge in [0, 0.05) is 49.6 Å². The van der Waals surface area contributed by atoms with Crippen LogP contribution in [-0.2, 0) is 5.41 Å². The summed E-state index contributed by atoms with van der Waals surface area (Å²) < 4.78 is 3.71. The SMILES string of the molecule is CC1(C)c2ccccc2-c2ccc(N(c3cc(-c4ccccc4)cc(-c4ccccc4)c3)c3ccc4c(c3)c3c5sc(-c6ccccc6)nc5cc5c6ccccc6n4c53)cc21. The maximum Gasteiger partial charge on any atom is 0.124 e. The van der Waals surface area contributed by atoms with Gasteiger partial charge in [-0.1, -0.05) is 153 Å². The van der Waals surface area contributed by atoms with Crippen molar-refractivity contribution in [1.82, 2.24) is 9.38 Å². The van der Waals surface area contributed by atoms with Gasteiger partial charge in [-0.25, -0.2) is 4.98 Å². The van der Waals surface area contributed by atoms with Crippen LogP contribution in [0.4, 0.5) is 17.1 Å². The highest BCUT2D eigenvalue weighted by Crippen LogP contribution is 2.52. The number of hydrogen-bond acceptors (Lipinski definition) is 3. The van der Waals surface area contributed by atoms with Crippen molar-refractivity contribution in [2.45, 2.75) is 19.3 Å². The molecule has 12 aromatic rings. The Morgan fingerprint density at radius 1 is 0.452 bits per heavy atom. The second kappa shape index (κ2) is 13.2. The second-order valence-corrected chi connectivity index (χ2v) is 18.2. The summed E-state index contributed by atoms with van der Waals surface area (Å²) in [6.07, 6.45) is 0. The summed E-state index contributed by atoms with van der Waals surface area (Å²) in [5.74, 6) is 0. The number of aromatic nitrogens is 2. The van der Waals surface area contributed by atoms with Gasteiger partial charge < -0.3 is 9.30 Å². The van der Waals surface area contributed by atoms with Crippen LogP contribution in [0.25, 0.3) is 92.3 Å². The van der Waals surface area contributed by atoms with Crippen molar-refractivity contribution in [3.63, 3.8) is 0 Å². The highest BCUT2D eigenvalue weighted by Gasteiger charge is 2.36. The highest BCUT2D eigenvalue weighted by molar-refractivity contribution is 7.22. The van der Waals surface area contributed by atoms with Crippen molar-refractivity contribution >= 4 is 76.7 Å². The van der Waals surface area contributed by atoms with E-state index in [9.17, 15) is 0 Å². The van der Waals surface area contributed by atoms with Crippen LogP contribution in [0.1, 0.15) is 25.0 Å². The van der Waals surface area contributed by atoms with E-state index in [0.717, 1.165) is 33.1 Å². The number of para-hydroxylation sites is 1. The third-order valence-electron chi connectivity index (χ3n) is 13.3. The average Bonchev–Trinajstić information content (AvgIpc) is 4.06. The Balaban J connectivity index is 1.11. The molecule has 0 spiro atoms. The van der Waals surface area contributed by atoms with Gasteiger partial charge in [-0.2, -0.15) is 0 Å². The zero-order valence-corrected chi connectivity index (χ0v) is 35.1. The molecule has 0 saturated heterocycles. The van der Waals surface area contributed by atoms with Gasteiger partial charge in [0.2, 0.25) is 0 Å². The molecule has 1 aliphatic rings. The number of thiazole rings is 1. The first-order chi connectivity index (χ1) is 30.5. The summed E-state index contributed by atoms with van der Waals surface area (Å²) in [5.41, 5.74) is 19.1. The molecule has 3 heterocycles. The van der Waals surface area contributed by atoms with E-state index in [1.165, 1.54) is 87.3 Å². The summed E-state index contributed by atoms with van der Waals surface area (Å²) in [4.78, 5) is 7.81. The van der Waals surface area contributed by atoms with Crippen LogP contribution in [0.3, 0.4) is 0 Å². The molecule has 0 atom stereocenters. The predicted molar refractivity (Wildman–Crippen MR) is 263 cm³/mol. The average molecular weight is 810 g/mol. The lowest BCUT2D eigenvalue weighted by molar-refractivity contribution is 0.660. The molecule has 0 radical (unpaired) electrons. The maximum atomic E-state index is 5.32. The van der Waals surface area contributed by atoms with Crippen molar-refractivity contribution < 1.29 is 0 Å². The maximum absolute atomic E-state index is 5.32. The molecule has 1 aliphatic carbocycles. The van der Waals surface area contributed by atoms with Crippen molar-refractivity contribution in [1.29, 1.82) is 0 Å². The lowest BCUT2D eigenvalue weighted by Crippen LogP contribution is -2.16. The van der Waals surface area contributed by atoms with Gasteiger partial charge in [0.15, 0.2) is 0 Å². The fourth-order valence-electron chi connectivity index (χ4n) is 10.4. The Labute approximate surface area is 363 Å². The van der Waals surface area contributed by atoms with Crippen molar-refractivity contribution in [2.75, 3.05) is 4.90 Å². The van der Waals surface area contributed by atoms with Gasteiger partial charge in [0.05, 0.1) is 26.8 Å². The quantitative estimate of drug-likeness (QED) is 0.167. The standard InChI is InChI=1S/C58H39N3S/c1-58(2)49-24-14-12-22-44(49)45-28-26-42(34-50(45)58)60(43-31-39(36-16-6-3-7-17-36)30-40(32-43)37-18-8-4-9-19-37)41-27-29-53-48(33-41)54-55-47(46-23-13-15-25-52(46)61(53)55)35-51-56(54)62-57(59-51)38-20-10-5-11-21-38/h3-35H,1-2H3. The summed E-state index contributed by atoms with van der Waals surface area (Å²) >= 11 is 1.80. The number of nitrogens with zero attached hydrogens (tertiary/aromatic N) is 3. The zero-order chi connectivity index (χ0) is 41.1. The Morgan fingerprint density at radius 2 is 1.05 bits per heavy atom. The van der Waals surface area contributed by atoms with Crippen LogP contribution in [0.2, 0.25) is 0 Å². The van der Waals surface area contributed by atoms with E-state index in [1.54, 1.807) is 11.3 Å². The number of rotatable bonds is 6. The molecule has 3 nitrogen and oxygen atoms in total. The summed E-state index contributed by atoms with van der Waals surface area (Å²) in [5, 5.41) is 6.03. The Hall–Kier alpha value is -7.53. The molecule has 62 heavy (non-hydrogen) atoms. The van der Waals surface area contributed by atoms with Crippen LogP contribution in [-0.4, -0.2) is 9.38 Å². The fraction of sp³-hybridized carbons (Fsp3) is 0.0517.